The minimum Gasteiger partial charge on any atom is -0.489 e. The molecule has 0 N–H and O–H groups in total. The molecule has 4 aromatic rings. The summed E-state index contributed by atoms with van der Waals surface area (Å²) in [6, 6.07) is 28.5. The van der Waals surface area contributed by atoms with Crippen molar-refractivity contribution in [3.05, 3.63) is 140 Å². The maximum absolute atomic E-state index is 12.4. The molecular formula is C53H62BrFN2O6. The van der Waals surface area contributed by atoms with Gasteiger partial charge in [0, 0.05) is 37.2 Å². The van der Waals surface area contributed by atoms with Gasteiger partial charge >= 0.3 is 11.9 Å². The molecule has 0 aromatic heterocycles. The van der Waals surface area contributed by atoms with Crippen LogP contribution in [0.5, 0.6) is 11.5 Å². The number of rotatable bonds is 14. The highest BCUT2D eigenvalue weighted by molar-refractivity contribution is 9.11. The third-order valence-corrected chi connectivity index (χ3v) is 13.3. The molecule has 2 aliphatic carbocycles. The van der Waals surface area contributed by atoms with Gasteiger partial charge in [-0.05, 0) is 164 Å². The number of hydrogen-bond donors (Lipinski definition) is 0. The van der Waals surface area contributed by atoms with Crippen molar-refractivity contribution in [3.63, 3.8) is 0 Å². The first-order valence-electron chi connectivity index (χ1n) is 22.8. The molecule has 10 heteroatoms. The molecule has 334 valence electrons. The zero-order valence-electron chi connectivity index (χ0n) is 37.1. The number of nitrogens with zero attached hydrogens (tertiary/aromatic N) is 2. The summed E-state index contributed by atoms with van der Waals surface area (Å²) in [5.74, 6) is 1.22. The van der Waals surface area contributed by atoms with Crippen LogP contribution in [0.1, 0.15) is 119 Å². The molecule has 0 bridgehead atoms. The predicted molar refractivity (Wildman–Crippen MR) is 253 cm³/mol. The maximum atomic E-state index is 12.4. The Balaban J connectivity index is 0.000000189. The summed E-state index contributed by atoms with van der Waals surface area (Å²) in [6.45, 7) is 7.95. The lowest BCUT2D eigenvalue weighted by Gasteiger charge is -2.17. The largest absolute Gasteiger partial charge is 0.489 e. The number of esters is 2. The molecule has 2 fully saturated rings. The number of benzene rings is 4. The van der Waals surface area contributed by atoms with Crippen LogP contribution in [0.3, 0.4) is 0 Å². The zero-order valence-corrected chi connectivity index (χ0v) is 38.7. The topological polar surface area (TPSA) is 77.5 Å². The lowest BCUT2D eigenvalue weighted by molar-refractivity contribution is 0.0591. The van der Waals surface area contributed by atoms with Gasteiger partial charge in [-0.3, -0.25) is 14.2 Å². The number of methoxy groups -OCH3 is 2. The van der Waals surface area contributed by atoms with Gasteiger partial charge in [-0.2, -0.15) is 0 Å². The first-order valence-corrected chi connectivity index (χ1v) is 23.6. The van der Waals surface area contributed by atoms with E-state index in [9.17, 15) is 14.0 Å². The van der Waals surface area contributed by atoms with Gasteiger partial charge in [0.25, 0.3) is 0 Å². The molecule has 2 aliphatic heterocycles. The standard InChI is InChI=1S/C27H32BrNO3.C26H30FNO3/c1-3-4-15-29-16-14-23(18-29)32-22-11-8-19(9-12-22)26-24-13-10-21(27(30)31-2)17-20(24)6-5-7-25(26)28;1-30-26(29)21-9-12-25-20(17-21)5-2-3-6-24(25)19-7-10-22(11-8-19)31-23-13-16-28(18-23)15-4-14-27/h8-13,17,23H,3-7,14-16,18H2,1-2H3;6-12,17,23H,2-5,13-16,18H2,1H3/t2*23-/m00/s1. The second-order valence-electron chi connectivity index (χ2n) is 17.0. The monoisotopic (exact) mass is 920 g/mol. The number of hydrogen-bond acceptors (Lipinski definition) is 8. The fraction of sp³-hybridized carbons (Fsp3) is 0.434. The number of unbranched alkanes of at least 4 members (excludes halogenated alkanes) is 1. The van der Waals surface area contributed by atoms with E-state index in [0.717, 1.165) is 107 Å². The average molecular weight is 922 g/mol. The first kappa shape index (κ1) is 46.2. The van der Waals surface area contributed by atoms with Crippen molar-refractivity contribution in [2.75, 3.05) is 60.2 Å². The van der Waals surface area contributed by atoms with Crippen molar-refractivity contribution < 1.29 is 32.9 Å². The number of aryl methyl sites for hydroxylation is 2. The van der Waals surface area contributed by atoms with Crippen LogP contribution in [0.25, 0.3) is 11.1 Å². The Bertz CT molecular complexity index is 2240. The van der Waals surface area contributed by atoms with Gasteiger partial charge in [-0.1, -0.05) is 71.7 Å². The Kier molecular flexibility index (Phi) is 16.7. The molecule has 0 radical (unpaired) electrons. The molecule has 2 heterocycles. The summed E-state index contributed by atoms with van der Waals surface area (Å²) in [4.78, 5) is 28.7. The molecule has 4 aromatic carbocycles. The molecule has 0 unspecified atom stereocenters. The van der Waals surface area contributed by atoms with Crippen LogP contribution in [-0.4, -0.2) is 94.1 Å². The van der Waals surface area contributed by atoms with Crippen LogP contribution in [0, 0.1) is 0 Å². The molecule has 0 spiro atoms. The Labute approximate surface area is 381 Å². The minimum atomic E-state index is -0.297. The van der Waals surface area contributed by atoms with E-state index in [1.54, 1.807) is 0 Å². The zero-order chi connectivity index (χ0) is 44.1. The number of ether oxygens (including phenoxy) is 4. The number of carbonyl (C=O) groups is 2. The SMILES string of the molecule is CCCCN1CC[C@H](Oc2ccc(C3=C(Br)CCCc4cc(C(=O)OC)ccc43)cc2)C1.COC(=O)c1ccc2c(c1)CCCC=C2c1ccc(O[C@H]2CCN(CCCF)C2)cc1. The van der Waals surface area contributed by atoms with Crippen LogP contribution in [-0.2, 0) is 22.3 Å². The molecular weight excluding hydrogens is 859 g/mol. The van der Waals surface area contributed by atoms with E-state index < -0.39 is 0 Å². The van der Waals surface area contributed by atoms with Crippen LogP contribution in [0.2, 0.25) is 0 Å². The van der Waals surface area contributed by atoms with Gasteiger partial charge in [-0.15, -0.1) is 0 Å². The van der Waals surface area contributed by atoms with E-state index in [0.29, 0.717) is 17.5 Å². The summed E-state index contributed by atoms with van der Waals surface area (Å²) in [6.07, 6.45) is 13.9. The fourth-order valence-electron chi connectivity index (χ4n) is 9.19. The highest BCUT2D eigenvalue weighted by Gasteiger charge is 2.26. The number of likely N-dealkylation sites (tertiary alicyclic amines) is 2. The maximum Gasteiger partial charge on any atom is 0.337 e. The summed E-state index contributed by atoms with van der Waals surface area (Å²) in [7, 11) is 2.84. The Morgan fingerprint density at radius 2 is 1.22 bits per heavy atom. The summed E-state index contributed by atoms with van der Waals surface area (Å²) < 4.78 is 35.8. The number of allylic oxidation sites excluding steroid dienone is 2. The van der Waals surface area contributed by atoms with Gasteiger partial charge < -0.3 is 18.9 Å². The Morgan fingerprint density at radius 3 is 1.79 bits per heavy atom. The van der Waals surface area contributed by atoms with Crippen LogP contribution >= 0.6 is 15.9 Å². The van der Waals surface area contributed by atoms with Gasteiger partial charge in [0.1, 0.15) is 23.7 Å². The van der Waals surface area contributed by atoms with Crippen molar-refractivity contribution >= 4 is 39.0 Å². The summed E-state index contributed by atoms with van der Waals surface area (Å²) in [5, 5.41) is 0. The van der Waals surface area contributed by atoms with Gasteiger partial charge in [-0.25, -0.2) is 9.59 Å². The highest BCUT2D eigenvalue weighted by Crippen LogP contribution is 2.39. The predicted octanol–water partition coefficient (Wildman–Crippen LogP) is 11.3. The molecule has 8 rings (SSSR count). The summed E-state index contributed by atoms with van der Waals surface area (Å²) in [5.41, 5.74) is 10.7. The van der Waals surface area contributed by atoms with Crippen molar-refractivity contribution in [2.45, 2.75) is 89.8 Å². The van der Waals surface area contributed by atoms with Crippen LogP contribution in [0.15, 0.2) is 95.5 Å². The van der Waals surface area contributed by atoms with E-state index in [2.05, 4.69) is 81.2 Å². The Morgan fingerprint density at radius 1 is 0.683 bits per heavy atom. The van der Waals surface area contributed by atoms with Gasteiger partial charge in [0.2, 0.25) is 0 Å². The first-order chi connectivity index (χ1) is 30.8. The normalized spacial score (nSPS) is 18.8. The second-order valence-corrected chi connectivity index (χ2v) is 17.9. The summed E-state index contributed by atoms with van der Waals surface area (Å²) >= 11 is 3.84. The van der Waals surface area contributed by atoms with Gasteiger partial charge in [0.05, 0.1) is 32.0 Å². The van der Waals surface area contributed by atoms with E-state index in [-0.39, 0.29) is 30.8 Å². The second kappa shape index (κ2) is 22.7. The van der Waals surface area contributed by atoms with Crippen LogP contribution in [0.4, 0.5) is 4.39 Å². The fourth-order valence-corrected chi connectivity index (χ4v) is 9.92. The van der Waals surface area contributed by atoms with E-state index in [1.165, 1.54) is 71.5 Å². The smallest absolute Gasteiger partial charge is 0.337 e. The minimum absolute atomic E-state index is 0.167. The Hall–Kier alpha value is -4.77. The molecule has 2 saturated heterocycles. The average Bonchev–Trinajstić information content (AvgIpc) is 3.86. The van der Waals surface area contributed by atoms with Crippen molar-refractivity contribution in [3.8, 4) is 11.5 Å². The molecule has 4 aliphatic rings. The van der Waals surface area contributed by atoms with Crippen LogP contribution < -0.4 is 9.47 Å². The molecule has 2 atom stereocenters. The van der Waals surface area contributed by atoms with E-state index >= 15 is 0 Å². The van der Waals surface area contributed by atoms with E-state index in [1.807, 2.05) is 42.5 Å². The van der Waals surface area contributed by atoms with Crippen molar-refractivity contribution in [1.29, 1.82) is 0 Å². The number of alkyl halides is 1. The third-order valence-electron chi connectivity index (χ3n) is 12.5. The number of fused-ring (bicyclic) bond motifs is 2. The lowest BCUT2D eigenvalue weighted by atomic mass is 9.92. The highest BCUT2D eigenvalue weighted by atomic mass is 79.9. The number of carbonyl (C=O) groups excluding carboxylic acids is 2. The van der Waals surface area contributed by atoms with Crippen molar-refractivity contribution in [1.82, 2.24) is 9.80 Å². The number of halogens is 2. The molecule has 8 nitrogen and oxygen atoms in total. The molecule has 63 heavy (non-hydrogen) atoms. The quantitative estimate of drug-likeness (QED) is 0.116. The van der Waals surface area contributed by atoms with E-state index in [4.69, 9.17) is 18.9 Å². The third kappa shape index (κ3) is 12.1. The van der Waals surface area contributed by atoms with Gasteiger partial charge in [0.15, 0.2) is 0 Å². The van der Waals surface area contributed by atoms with Crippen molar-refractivity contribution in [2.24, 2.45) is 0 Å². The lowest BCUT2D eigenvalue weighted by Crippen LogP contribution is -2.26. The molecule has 0 saturated carbocycles. The molecule has 0 amide bonds.